The lowest BCUT2D eigenvalue weighted by Crippen LogP contribution is -2.06. The topological polar surface area (TPSA) is 35.8 Å². The largest absolute Gasteiger partial charge is 0.365 e. The fourth-order valence-electron chi connectivity index (χ4n) is 1.38. The molecule has 1 aromatic heterocycles. The first-order valence-corrected chi connectivity index (χ1v) is 6.49. The third-order valence-electron chi connectivity index (χ3n) is 2.19. The van der Waals surface area contributed by atoms with Crippen molar-refractivity contribution in [2.24, 2.45) is 0 Å². The minimum absolute atomic E-state index is 0.368. The SMILES string of the molecule is N#CC(Nc1ccc(Cl)c(Cl)c1)c1cccs1. The Labute approximate surface area is 113 Å². The van der Waals surface area contributed by atoms with Crippen molar-refractivity contribution in [3.05, 3.63) is 50.6 Å². The van der Waals surface area contributed by atoms with Gasteiger partial charge in [-0.1, -0.05) is 29.3 Å². The van der Waals surface area contributed by atoms with Gasteiger partial charge >= 0.3 is 0 Å². The average Bonchev–Trinajstić information content (AvgIpc) is 2.84. The van der Waals surface area contributed by atoms with Crippen LogP contribution in [0.25, 0.3) is 0 Å². The standard InChI is InChI=1S/C12H8Cl2N2S/c13-9-4-3-8(6-10(9)14)16-11(7-15)12-2-1-5-17-12/h1-6,11,16H. The first-order valence-electron chi connectivity index (χ1n) is 4.85. The maximum atomic E-state index is 9.12. The van der Waals surface area contributed by atoms with Gasteiger partial charge in [-0.2, -0.15) is 5.26 Å². The second kappa shape index (κ2) is 5.42. The first kappa shape index (κ1) is 12.3. The van der Waals surface area contributed by atoms with Gasteiger partial charge in [0.2, 0.25) is 0 Å². The van der Waals surface area contributed by atoms with Gasteiger partial charge < -0.3 is 5.32 Å². The molecule has 5 heteroatoms. The molecule has 1 aromatic carbocycles. The number of rotatable bonds is 3. The van der Waals surface area contributed by atoms with Gasteiger partial charge in [-0.25, -0.2) is 0 Å². The summed E-state index contributed by atoms with van der Waals surface area (Å²) in [4.78, 5) is 0.971. The van der Waals surface area contributed by atoms with Gasteiger partial charge in [0.15, 0.2) is 0 Å². The lowest BCUT2D eigenvalue weighted by atomic mass is 10.2. The number of hydrogen-bond acceptors (Lipinski definition) is 3. The smallest absolute Gasteiger partial charge is 0.149 e. The molecule has 0 radical (unpaired) electrons. The van der Waals surface area contributed by atoms with Crippen LogP contribution in [0.15, 0.2) is 35.7 Å². The van der Waals surface area contributed by atoms with E-state index in [2.05, 4.69) is 11.4 Å². The summed E-state index contributed by atoms with van der Waals surface area (Å²) in [6.07, 6.45) is 0. The van der Waals surface area contributed by atoms with Crippen molar-refractivity contribution in [3.63, 3.8) is 0 Å². The zero-order chi connectivity index (χ0) is 12.3. The van der Waals surface area contributed by atoms with E-state index < -0.39 is 0 Å². The van der Waals surface area contributed by atoms with Crippen molar-refractivity contribution < 1.29 is 0 Å². The highest BCUT2D eigenvalue weighted by atomic mass is 35.5. The molecule has 0 aliphatic rings. The van der Waals surface area contributed by atoms with E-state index in [1.54, 1.807) is 18.2 Å². The Bertz CT molecular complexity index is 546. The molecule has 1 unspecified atom stereocenters. The summed E-state index contributed by atoms with van der Waals surface area (Å²) in [5.41, 5.74) is 0.777. The Balaban J connectivity index is 2.20. The van der Waals surface area contributed by atoms with Crippen molar-refractivity contribution in [2.45, 2.75) is 6.04 Å². The molecular weight excluding hydrogens is 275 g/mol. The molecule has 1 N–H and O–H groups in total. The lowest BCUT2D eigenvalue weighted by Gasteiger charge is -2.11. The molecule has 0 spiro atoms. The van der Waals surface area contributed by atoms with E-state index in [-0.39, 0.29) is 6.04 Å². The third-order valence-corrected chi connectivity index (χ3v) is 3.86. The summed E-state index contributed by atoms with van der Waals surface area (Å²) < 4.78 is 0. The summed E-state index contributed by atoms with van der Waals surface area (Å²) in [5.74, 6) is 0. The minimum Gasteiger partial charge on any atom is -0.365 e. The van der Waals surface area contributed by atoms with Crippen molar-refractivity contribution in [3.8, 4) is 6.07 Å². The number of nitriles is 1. The number of nitrogens with one attached hydrogen (secondary N) is 1. The lowest BCUT2D eigenvalue weighted by molar-refractivity contribution is 1.03. The molecule has 86 valence electrons. The van der Waals surface area contributed by atoms with E-state index >= 15 is 0 Å². The van der Waals surface area contributed by atoms with Crippen molar-refractivity contribution in [2.75, 3.05) is 5.32 Å². The predicted molar refractivity (Wildman–Crippen MR) is 72.8 cm³/mol. The van der Waals surface area contributed by atoms with Gasteiger partial charge in [0.05, 0.1) is 16.1 Å². The van der Waals surface area contributed by atoms with E-state index in [0.29, 0.717) is 10.0 Å². The number of thiophene rings is 1. The van der Waals surface area contributed by atoms with Gasteiger partial charge in [0, 0.05) is 10.6 Å². The molecular formula is C12H8Cl2N2S. The second-order valence-electron chi connectivity index (χ2n) is 3.35. The van der Waals surface area contributed by atoms with E-state index in [0.717, 1.165) is 10.6 Å². The zero-order valence-electron chi connectivity index (χ0n) is 8.65. The summed E-state index contributed by atoms with van der Waals surface area (Å²) in [7, 11) is 0. The molecule has 2 nitrogen and oxygen atoms in total. The van der Waals surface area contributed by atoms with Crippen LogP contribution in [0.1, 0.15) is 10.9 Å². The molecule has 1 heterocycles. The van der Waals surface area contributed by atoms with E-state index in [9.17, 15) is 0 Å². The molecule has 2 aromatic rings. The minimum atomic E-state index is -0.368. The molecule has 0 amide bonds. The molecule has 0 saturated carbocycles. The zero-order valence-corrected chi connectivity index (χ0v) is 11.0. The van der Waals surface area contributed by atoms with E-state index in [1.807, 2.05) is 17.5 Å². The first-order chi connectivity index (χ1) is 8.20. The monoisotopic (exact) mass is 282 g/mol. The van der Waals surface area contributed by atoms with Gasteiger partial charge in [0.25, 0.3) is 0 Å². The Morgan fingerprint density at radius 2 is 2.06 bits per heavy atom. The molecule has 0 aliphatic heterocycles. The fourth-order valence-corrected chi connectivity index (χ4v) is 2.39. The van der Waals surface area contributed by atoms with Crippen LogP contribution >= 0.6 is 34.5 Å². The predicted octanol–water partition coefficient (Wildman–Crippen LogP) is 4.73. The number of benzene rings is 1. The summed E-state index contributed by atoms with van der Waals surface area (Å²) in [6.45, 7) is 0. The van der Waals surface area contributed by atoms with Crippen LogP contribution in [0.3, 0.4) is 0 Å². The fraction of sp³-hybridized carbons (Fsp3) is 0.0833. The van der Waals surface area contributed by atoms with Crippen LogP contribution in [0.2, 0.25) is 10.0 Å². The maximum absolute atomic E-state index is 9.12. The maximum Gasteiger partial charge on any atom is 0.149 e. The highest BCUT2D eigenvalue weighted by Gasteiger charge is 2.11. The second-order valence-corrected chi connectivity index (χ2v) is 5.14. The van der Waals surface area contributed by atoms with E-state index in [1.165, 1.54) is 11.3 Å². The summed E-state index contributed by atoms with van der Waals surface area (Å²) in [6, 6.07) is 10.9. The van der Waals surface area contributed by atoms with Crippen molar-refractivity contribution >= 4 is 40.2 Å². The van der Waals surface area contributed by atoms with Crippen LogP contribution in [0.5, 0.6) is 0 Å². The van der Waals surface area contributed by atoms with Crippen molar-refractivity contribution in [1.82, 2.24) is 0 Å². The molecule has 0 saturated heterocycles. The Morgan fingerprint density at radius 3 is 2.65 bits per heavy atom. The molecule has 17 heavy (non-hydrogen) atoms. The summed E-state index contributed by atoms with van der Waals surface area (Å²) in [5, 5.41) is 15.1. The van der Waals surface area contributed by atoms with Crippen LogP contribution < -0.4 is 5.32 Å². The van der Waals surface area contributed by atoms with Gasteiger partial charge in [-0.05, 0) is 29.6 Å². The van der Waals surface area contributed by atoms with Crippen LogP contribution in [-0.2, 0) is 0 Å². The number of hydrogen-bond donors (Lipinski definition) is 1. The number of nitrogens with zero attached hydrogens (tertiary/aromatic N) is 1. The van der Waals surface area contributed by atoms with Gasteiger partial charge in [0.1, 0.15) is 6.04 Å². The Kier molecular flexibility index (Phi) is 3.90. The molecule has 0 fully saturated rings. The highest BCUT2D eigenvalue weighted by Crippen LogP contribution is 2.28. The molecule has 1 atom stereocenters. The van der Waals surface area contributed by atoms with Crippen LogP contribution in [-0.4, -0.2) is 0 Å². The molecule has 2 rings (SSSR count). The number of anilines is 1. The van der Waals surface area contributed by atoms with Gasteiger partial charge in [-0.15, -0.1) is 11.3 Å². The average molecular weight is 283 g/mol. The van der Waals surface area contributed by atoms with Crippen LogP contribution in [0.4, 0.5) is 5.69 Å². The molecule has 0 bridgehead atoms. The van der Waals surface area contributed by atoms with E-state index in [4.69, 9.17) is 28.5 Å². The highest BCUT2D eigenvalue weighted by molar-refractivity contribution is 7.10. The normalized spacial score (nSPS) is 11.8. The van der Waals surface area contributed by atoms with Crippen LogP contribution in [0, 0.1) is 11.3 Å². The molecule has 0 aliphatic carbocycles. The Hall–Kier alpha value is -1.21. The quantitative estimate of drug-likeness (QED) is 0.883. The summed E-state index contributed by atoms with van der Waals surface area (Å²) >= 11 is 13.3. The Morgan fingerprint density at radius 1 is 1.24 bits per heavy atom. The third kappa shape index (κ3) is 2.92. The van der Waals surface area contributed by atoms with Gasteiger partial charge in [-0.3, -0.25) is 0 Å². The number of halogens is 2. The van der Waals surface area contributed by atoms with Crippen molar-refractivity contribution in [1.29, 1.82) is 5.26 Å².